The quantitative estimate of drug-likeness (QED) is 0.655. The highest BCUT2D eigenvalue weighted by Crippen LogP contribution is 2.30. The molecule has 0 radical (unpaired) electrons. The highest BCUT2D eigenvalue weighted by atomic mass is 19.1. The minimum absolute atomic E-state index is 0.116. The van der Waals surface area contributed by atoms with Crippen LogP contribution in [0.5, 0.6) is 11.5 Å². The lowest BCUT2D eigenvalue weighted by molar-refractivity contribution is -0.385. The van der Waals surface area contributed by atoms with E-state index in [-0.39, 0.29) is 23.8 Å². The lowest BCUT2D eigenvalue weighted by atomic mass is 10.1. The van der Waals surface area contributed by atoms with Gasteiger partial charge in [-0.3, -0.25) is 10.1 Å². The maximum atomic E-state index is 13.7. The first-order valence-corrected chi connectivity index (χ1v) is 6.40. The second-order valence-electron chi connectivity index (χ2n) is 4.45. The van der Waals surface area contributed by atoms with Crippen LogP contribution in [0.1, 0.15) is 11.7 Å². The molecule has 116 valence electrons. The molecule has 0 fully saturated rings. The van der Waals surface area contributed by atoms with Crippen molar-refractivity contribution >= 4 is 5.69 Å². The summed E-state index contributed by atoms with van der Waals surface area (Å²) in [5.74, 6) is -0.536. The van der Waals surface area contributed by atoms with E-state index in [1.54, 1.807) is 0 Å². The number of hydrogen-bond donors (Lipinski definition) is 1. The SMILES string of the molecule is COc1cccc(F)c1OCC(O)c1cccc([N+](=O)[O-])c1. The fraction of sp³-hybridized carbons (Fsp3) is 0.200. The molecule has 2 rings (SSSR count). The molecule has 1 unspecified atom stereocenters. The van der Waals surface area contributed by atoms with Gasteiger partial charge in [0.1, 0.15) is 12.7 Å². The Labute approximate surface area is 125 Å². The van der Waals surface area contributed by atoms with Crippen LogP contribution < -0.4 is 9.47 Å². The van der Waals surface area contributed by atoms with Gasteiger partial charge in [0.15, 0.2) is 17.3 Å². The zero-order valence-corrected chi connectivity index (χ0v) is 11.7. The van der Waals surface area contributed by atoms with Crippen molar-refractivity contribution in [2.75, 3.05) is 13.7 Å². The Morgan fingerprint density at radius 2 is 2.05 bits per heavy atom. The third kappa shape index (κ3) is 3.50. The predicted octanol–water partition coefficient (Wildman–Crippen LogP) is 2.85. The number of rotatable bonds is 6. The van der Waals surface area contributed by atoms with Crippen LogP contribution in [0, 0.1) is 15.9 Å². The van der Waals surface area contributed by atoms with Crippen LogP contribution in [0.25, 0.3) is 0 Å². The largest absolute Gasteiger partial charge is 0.493 e. The van der Waals surface area contributed by atoms with Gasteiger partial charge < -0.3 is 14.6 Å². The molecule has 1 N–H and O–H groups in total. The average Bonchev–Trinajstić information content (AvgIpc) is 2.53. The zero-order chi connectivity index (χ0) is 16.1. The highest BCUT2D eigenvalue weighted by Gasteiger charge is 2.16. The van der Waals surface area contributed by atoms with E-state index in [4.69, 9.17) is 9.47 Å². The summed E-state index contributed by atoms with van der Waals surface area (Å²) >= 11 is 0. The number of benzene rings is 2. The van der Waals surface area contributed by atoms with Crippen LogP contribution >= 0.6 is 0 Å². The van der Waals surface area contributed by atoms with Gasteiger partial charge in [0, 0.05) is 12.1 Å². The van der Waals surface area contributed by atoms with E-state index < -0.39 is 16.8 Å². The molecule has 0 aliphatic rings. The summed E-state index contributed by atoms with van der Waals surface area (Å²) in [5.41, 5.74) is 0.171. The third-order valence-electron chi connectivity index (χ3n) is 3.00. The monoisotopic (exact) mass is 307 g/mol. The first-order valence-electron chi connectivity index (χ1n) is 6.40. The summed E-state index contributed by atoms with van der Waals surface area (Å²) in [5, 5.41) is 20.7. The van der Waals surface area contributed by atoms with Crippen molar-refractivity contribution in [3.8, 4) is 11.5 Å². The number of aliphatic hydroxyl groups excluding tert-OH is 1. The molecule has 2 aromatic carbocycles. The number of nitro groups is 1. The van der Waals surface area contributed by atoms with Crippen molar-refractivity contribution in [3.63, 3.8) is 0 Å². The van der Waals surface area contributed by atoms with Crippen LogP contribution in [0.2, 0.25) is 0 Å². The summed E-state index contributed by atoms with van der Waals surface area (Å²) in [4.78, 5) is 10.2. The normalized spacial score (nSPS) is 11.8. The molecule has 0 aromatic heterocycles. The summed E-state index contributed by atoms with van der Waals surface area (Å²) < 4.78 is 23.9. The molecule has 0 aliphatic heterocycles. The fourth-order valence-electron chi connectivity index (χ4n) is 1.89. The predicted molar refractivity (Wildman–Crippen MR) is 76.5 cm³/mol. The third-order valence-corrected chi connectivity index (χ3v) is 3.00. The van der Waals surface area contributed by atoms with Gasteiger partial charge in [0.05, 0.1) is 12.0 Å². The van der Waals surface area contributed by atoms with E-state index >= 15 is 0 Å². The minimum atomic E-state index is -1.13. The molecule has 7 heteroatoms. The summed E-state index contributed by atoms with van der Waals surface area (Å²) in [6.07, 6.45) is -1.13. The van der Waals surface area contributed by atoms with Crippen molar-refractivity contribution in [2.24, 2.45) is 0 Å². The maximum Gasteiger partial charge on any atom is 0.269 e. The van der Waals surface area contributed by atoms with E-state index in [0.29, 0.717) is 5.56 Å². The number of ether oxygens (including phenoxy) is 2. The Morgan fingerprint density at radius 1 is 1.32 bits per heavy atom. The van der Waals surface area contributed by atoms with Crippen molar-refractivity contribution in [2.45, 2.75) is 6.10 Å². The number of para-hydroxylation sites is 1. The molecule has 0 spiro atoms. The molecular formula is C15H14FNO5. The Kier molecular flexibility index (Phi) is 4.90. The van der Waals surface area contributed by atoms with Crippen LogP contribution in [0.4, 0.5) is 10.1 Å². The summed E-state index contributed by atoms with van der Waals surface area (Å²) in [6.45, 7) is -0.265. The molecule has 0 bridgehead atoms. The number of nitro benzene ring substituents is 1. The molecule has 22 heavy (non-hydrogen) atoms. The molecule has 6 nitrogen and oxygen atoms in total. The van der Waals surface area contributed by atoms with Gasteiger partial charge in [0.2, 0.25) is 0 Å². The molecule has 1 atom stereocenters. The van der Waals surface area contributed by atoms with Crippen molar-refractivity contribution in [1.82, 2.24) is 0 Å². The minimum Gasteiger partial charge on any atom is -0.493 e. The van der Waals surface area contributed by atoms with Crippen LogP contribution in [0.15, 0.2) is 42.5 Å². The Morgan fingerprint density at radius 3 is 2.73 bits per heavy atom. The van der Waals surface area contributed by atoms with Crippen LogP contribution in [0.3, 0.4) is 0 Å². The van der Waals surface area contributed by atoms with E-state index in [1.807, 2.05) is 0 Å². The molecule has 0 saturated carbocycles. The standard InChI is InChI=1S/C15H14FNO5/c1-21-14-7-3-6-12(16)15(14)22-9-13(18)10-4-2-5-11(8-10)17(19)20/h2-8,13,18H,9H2,1H3. The van der Waals surface area contributed by atoms with Crippen molar-refractivity contribution in [1.29, 1.82) is 0 Å². The number of non-ortho nitro benzene ring substituents is 1. The first kappa shape index (κ1) is 15.7. The summed E-state index contributed by atoms with van der Waals surface area (Å²) in [7, 11) is 1.37. The second kappa shape index (κ2) is 6.86. The van der Waals surface area contributed by atoms with Crippen molar-refractivity contribution in [3.05, 3.63) is 64.0 Å². The van der Waals surface area contributed by atoms with E-state index in [1.165, 1.54) is 49.6 Å². The molecular weight excluding hydrogens is 293 g/mol. The lowest BCUT2D eigenvalue weighted by Crippen LogP contribution is -2.11. The number of hydrogen-bond acceptors (Lipinski definition) is 5. The fourth-order valence-corrected chi connectivity index (χ4v) is 1.89. The first-order chi connectivity index (χ1) is 10.5. The lowest BCUT2D eigenvalue weighted by Gasteiger charge is -2.15. The highest BCUT2D eigenvalue weighted by molar-refractivity contribution is 5.41. The number of methoxy groups -OCH3 is 1. The van der Waals surface area contributed by atoms with Crippen LogP contribution in [-0.2, 0) is 0 Å². The maximum absolute atomic E-state index is 13.7. The van der Waals surface area contributed by atoms with E-state index in [0.717, 1.165) is 0 Å². The number of nitrogens with zero attached hydrogens (tertiary/aromatic N) is 1. The number of aliphatic hydroxyl groups is 1. The number of halogens is 1. The van der Waals surface area contributed by atoms with Gasteiger partial charge in [0.25, 0.3) is 5.69 Å². The molecule has 0 amide bonds. The van der Waals surface area contributed by atoms with E-state index in [2.05, 4.69) is 0 Å². The molecule has 0 heterocycles. The smallest absolute Gasteiger partial charge is 0.269 e. The second-order valence-corrected chi connectivity index (χ2v) is 4.45. The Bertz CT molecular complexity index is 677. The van der Waals surface area contributed by atoms with Gasteiger partial charge >= 0.3 is 0 Å². The van der Waals surface area contributed by atoms with Gasteiger partial charge in [-0.05, 0) is 17.7 Å². The van der Waals surface area contributed by atoms with Gasteiger partial charge in [-0.15, -0.1) is 0 Å². The van der Waals surface area contributed by atoms with Crippen molar-refractivity contribution < 1.29 is 23.9 Å². The molecule has 0 aliphatic carbocycles. The summed E-state index contributed by atoms with van der Waals surface area (Å²) in [6, 6.07) is 9.75. The molecule has 0 saturated heterocycles. The zero-order valence-electron chi connectivity index (χ0n) is 11.7. The van der Waals surface area contributed by atoms with Gasteiger partial charge in [-0.1, -0.05) is 18.2 Å². The topological polar surface area (TPSA) is 81.8 Å². The van der Waals surface area contributed by atoms with Gasteiger partial charge in [-0.2, -0.15) is 0 Å². The Hall–Kier alpha value is -2.67. The Balaban J connectivity index is 2.12. The van der Waals surface area contributed by atoms with Crippen LogP contribution in [-0.4, -0.2) is 23.7 Å². The average molecular weight is 307 g/mol. The van der Waals surface area contributed by atoms with Gasteiger partial charge in [-0.25, -0.2) is 4.39 Å². The molecule has 2 aromatic rings. The van der Waals surface area contributed by atoms with E-state index in [9.17, 15) is 19.6 Å².